The Labute approximate surface area is 38.0 Å². The maximum atomic E-state index is 7.06. The molecule has 0 aliphatic carbocycles. The van der Waals surface area contributed by atoms with Crippen molar-refractivity contribution in [2.45, 2.75) is 12.8 Å². The first-order chi connectivity index (χ1) is 3.91. The average molecular weight is 75.1 g/mol. The van der Waals surface area contributed by atoms with E-state index in [1.54, 1.807) is 0 Å². The normalized spacial score (nSPS) is 56.0. The highest BCUT2D eigenvalue weighted by Gasteiger charge is 1.93. The molecule has 1 heteroatoms. The molecule has 1 aliphatic rings. The van der Waals surface area contributed by atoms with E-state index >= 15 is 0 Å². The van der Waals surface area contributed by atoms with Crippen LogP contribution in [0, 0.1) is 0 Å². The van der Waals surface area contributed by atoms with Crippen LogP contribution in [0.1, 0.15) is 18.3 Å². The van der Waals surface area contributed by atoms with Gasteiger partial charge >= 0.3 is 0 Å². The van der Waals surface area contributed by atoms with Crippen molar-refractivity contribution in [1.29, 1.82) is 0 Å². The van der Waals surface area contributed by atoms with Crippen LogP contribution >= 0.6 is 0 Å². The molecule has 1 saturated heterocycles. The monoisotopic (exact) mass is 75.1 g/mol. The highest BCUT2D eigenvalue weighted by molar-refractivity contribution is 4.55. The molecule has 30 valence electrons. The van der Waals surface area contributed by atoms with Gasteiger partial charge in [0.05, 0.1) is 0 Å². The van der Waals surface area contributed by atoms with E-state index in [-0.39, 0.29) is 12.8 Å². The third-order valence-electron chi connectivity index (χ3n) is 0.552. The van der Waals surface area contributed by atoms with Crippen molar-refractivity contribution in [3.05, 3.63) is 0 Å². The Morgan fingerprint density at radius 2 is 2.00 bits per heavy atom. The summed E-state index contributed by atoms with van der Waals surface area (Å²) in [4.78, 5) is 0. The van der Waals surface area contributed by atoms with Gasteiger partial charge in [-0.15, -0.1) is 0 Å². The van der Waals surface area contributed by atoms with Crippen LogP contribution in [0.25, 0.3) is 0 Å². The number of hydrogen-bond donors (Lipinski definition) is 1. The summed E-state index contributed by atoms with van der Waals surface area (Å²) in [5.74, 6) is 0. The average Bonchev–Trinajstić information content (AvgIpc) is 1.78. The van der Waals surface area contributed by atoms with Gasteiger partial charge in [-0.1, -0.05) is 0 Å². The van der Waals surface area contributed by atoms with Crippen molar-refractivity contribution in [2.75, 3.05) is 13.0 Å². The molecule has 0 aromatic heterocycles. The van der Waals surface area contributed by atoms with E-state index in [0.717, 1.165) is 0 Å². The lowest BCUT2D eigenvalue weighted by atomic mass is 10.4. The fourth-order valence-corrected chi connectivity index (χ4v) is 0.312. The van der Waals surface area contributed by atoms with E-state index in [4.69, 9.17) is 5.48 Å². The zero-order valence-electron chi connectivity index (χ0n) is 6.91. The van der Waals surface area contributed by atoms with Crippen LogP contribution in [-0.2, 0) is 0 Å². The zero-order valence-corrected chi connectivity index (χ0v) is 2.91. The van der Waals surface area contributed by atoms with Gasteiger partial charge in [-0.2, -0.15) is 0 Å². The molecule has 1 aliphatic heterocycles. The van der Waals surface area contributed by atoms with Gasteiger partial charge in [0.2, 0.25) is 0 Å². The standard InChI is InChI=1S/C4H9N/c1-2-4-5-3-1/h5H,1-4H2/i3D2,4D2. The van der Waals surface area contributed by atoms with Crippen LogP contribution in [0.5, 0.6) is 0 Å². The Morgan fingerprint density at radius 3 is 2.20 bits per heavy atom. The number of rotatable bonds is 0. The molecule has 0 aromatic carbocycles. The summed E-state index contributed by atoms with van der Waals surface area (Å²) in [7, 11) is 0. The van der Waals surface area contributed by atoms with Gasteiger partial charge in [-0.3, -0.25) is 0 Å². The fraction of sp³-hybridized carbons (Fsp3) is 1.00. The van der Waals surface area contributed by atoms with Gasteiger partial charge in [0.1, 0.15) is 0 Å². The van der Waals surface area contributed by atoms with E-state index in [2.05, 4.69) is 5.32 Å². The molecule has 0 bridgehead atoms. The smallest absolute Gasteiger partial charge is 0.0428 e. The summed E-state index contributed by atoms with van der Waals surface area (Å²) >= 11 is 0. The van der Waals surface area contributed by atoms with Crippen molar-refractivity contribution >= 4 is 0 Å². The van der Waals surface area contributed by atoms with E-state index in [1.165, 1.54) is 0 Å². The Bertz CT molecular complexity index is 108. The van der Waals surface area contributed by atoms with Crippen LogP contribution in [0.15, 0.2) is 0 Å². The van der Waals surface area contributed by atoms with Gasteiger partial charge in [0.15, 0.2) is 0 Å². The molecule has 0 atom stereocenters. The van der Waals surface area contributed by atoms with Crippen LogP contribution < -0.4 is 5.32 Å². The highest BCUT2D eigenvalue weighted by Crippen LogP contribution is 1.90. The maximum Gasteiger partial charge on any atom is 0.0428 e. The Hall–Kier alpha value is -0.0400. The van der Waals surface area contributed by atoms with E-state index in [9.17, 15) is 0 Å². The molecule has 1 nitrogen and oxygen atoms in total. The lowest BCUT2D eigenvalue weighted by molar-refractivity contribution is 0.857. The van der Waals surface area contributed by atoms with E-state index in [0.29, 0.717) is 0 Å². The van der Waals surface area contributed by atoms with E-state index in [1.807, 2.05) is 0 Å². The SMILES string of the molecule is [2H]C1([2H])CCC([2H])([2H])N1. The zero-order chi connectivity index (χ0) is 7.12. The summed E-state index contributed by atoms with van der Waals surface area (Å²) < 4.78 is 28.2. The number of hydrogen-bond acceptors (Lipinski definition) is 1. The van der Waals surface area contributed by atoms with Crippen molar-refractivity contribution in [1.82, 2.24) is 5.32 Å². The molecular formula is C4H9N. The molecule has 1 N–H and O–H groups in total. The van der Waals surface area contributed by atoms with E-state index < -0.39 is 13.0 Å². The van der Waals surface area contributed by atoms with Crippen molar-refractivity contribution in [3.63, 3.8) is 0 Å². The van der Waals surface area contributed by atoms with Crippen LogP contribution in [-0.4, -0.2) is 13.0 Å². The topological polar surface area (TPSA) is 12.0 Å². The molecular weight excluding hydrogens is 62.1 g/mol. The summed E-state index contributed by atoms with van der Waals surface area (Å²) in [6.07, 6.45) is 0.528. The van der Waals surface area contributed by atoms with Gasteiger partial charge in [-0.25, -0.2) is 0 Å². The minimum atomic E-state index is -1.50. The first-order valence-electron chi connectivity index (χ1n) is 3.71. The molecule has 1 heterocycles. The summed E-state index contributed by atoms with van der Waals surface area (Å²) in [6, 6.07) is 0. The summed E-state index contributed by atoms with van der Waals surface area (Å²) in [5.41, 5.74) is 0. The quantitative estimate of drug-likeness (QED) is 0.438. The Kier molecular flexibility index (Phi) is 0.273. The minimum Gasteiger partial charge on any atom is -0.317 e. The van der Waals surface area contributed by atoms with Crippen molar-refractivity contribution in [3.8, 4) is 0 Å². The minimum absolute atomic E-state index is 0.264. The second kappa shape index (κ2) is 1.41. The fourth-order valence-electron chi connectivity index (χ4n) is 0.312. The summed E-state index contributed by atoms with van der Waals surface area (Å²) in [6.45, 7) is -2.99. The van der Waals surface area contributed by atoms with Crippen LogP contribution in [0.2, 0.25) is 0 Å². The summed E-state index contributed by atoms with van der Waals surface area (Å²) in [5, 5.41) is 2.24. The predicted molar refractivity (Wildman–Crippen MR) is 22.1 cm³/mol. The lowest BCUT2D eigenvalue weighted by Gasteiger charge is -1.76. The highest BCUT2D eigenvalue weighted by atomic mass is 14.9. The Balaban J connectivity index is 2.58. The second-order valence-corrected chi connectivity index (χ2v) is 0.979. The van der Waals surface area contributed by atoms with Gasteiger partial charge in [-0.05, 0) is 25.8 Å². The third-order valence-corrected chi connectivity index (χ3v) is 0.552. The molecule has 0 radical (unpaired) electrons. The van der Waals surface area contributed by atoms with Gasteiger partial charge in [0.25, 0.3) is 0 Å². The Morgan fingerprint density at radius 1 is 1.40 bits per heavy atom. The van der Waals surface area contributed by atoms with Crippen LogP contribution in [0.3, 0.4) is 0 Å². The maximum absolute atomic E-state index is 7.06. The molecule has 0 amide bonds. The van der Waals surface area contributed by atoms with Crippen molar-refractivity contribution in [2.24, 2.45) is 0 Å². The van der Waals surface area contributed by atoms with Crippen molar-refractivity contribution < 1.29 is 5.48 Å². The second-order valence-electron chi connectivity index (χ2n) is 0.979. The first-order valence-corrected chi connectivity index (χ1v) is 1.71. The molecule has 0 aromatic rings. The molecule has 1 fully saturated rings. The first kappa shape index (κ1) is 0.969. The lowest BCUT2D eigenvalue weighted by Crippen LogP contribution is -2.03. The third kappa shape index (κ3) is 0.618. The molecule has 0 unspecified atom stereocenters. The molecule has 1 rings (SSSR count). The van der Waals surface area contributed by atoms with Gasteiger partial charge < -0.3 is 5.32 Å². The number of nitrogens with one attached hydrogen (secondary N) is 1. The van der Waals surface area contributed by atoms with Gasteiger partial charge in [0, 0.05) is 5.48 Å². The molecule has 0 saturated carbocycles. The van der Waals surface area contributed by atoms with Crippen LogP contribution in [0.4, 0.5) is 0 Å². The predicted octanol–water partition coefficient (Wildman–Crippen LogP) is 0.370. The largest absolute Gasteiger partial charge is 0.317 e. The molecule has 0 spiro atoms. The molecule has 5 heavy (non-hydrogen) atoms.